The molecule has 0 N–H and O–H groups in total. The second-order valence-electron chi connectivity index (χ2n) is 10.0. The first-order valence-corrected chi connectivity index (χ1v) is 12.2. The molecule has 9 heteroatoms. The maximum atomic E-state index is 14.2. The van der Waals surface area contributed by atoms with Crippen LogP contribution in [-0.4, -0.2) is 62.1 Å². The number of halogens is 4. The minimum atomic E-state index is -5.05. The number of nitrogens with zero attached hydrogens (tertiary/aromatic N) is 1. The van der Waals surface area contributed by atoms with Crippen LogP contribution in [0.2, 0.25) is 0 Å². The van der Waals surface area contributed by atoms with Crippen LogP contribution in [0.5, 0.6) is 0 Å². The number of fused-ring (bicyclic) bond motifs is 5. The van der Waals surface area contributed by atoms with Gasteiger partial charge in [0, 0.05) is 45.5 Å². The molecule has 0 aromatic heterocycles. The van der Waals surface area contributed by atoms with Gasteiger partial charge in [0.05, 0.1) is 18.8 Å². The minimum absolute atomic E-state index is 0.0914. The fourth-order valence-electron chi connectivity index (χ4n) is 5.94. The number of carbonyl (C=O) groups excluding carboxylic acids is 1. The Labute approximate surface area is 207 Å². The van der Waals surface area contributed by atoms with Crippen LogP contribution in [0.25, 0.3) is 0 Å². The number of hydrogen-bond donors (Lipinski definition) is 0. The van der Waals surface area contributed by atoms with Gasteiger partial charge >= 0.3 is 12.1 Å². The van der Waals surface area contributed by atoms with Gasteiger partial charge in [0.15, 0.2) is 0 Å². The van der Waals surface area contributed by atoms with Crippen LogP contribution in [0.3, 0.4) is 0 Å². The molecule has 3 atom stereocenters. The quantitative estimate of drug-likeness (QED) is 0.424. The first-order valence-electron chi connectivity index (χ1n) is 12.2. The van der Waals surface area contributed by atoms with Gasteiger partial charge in [0.1, 0.15) is 11.4 Å². The zero-order valence-electron chi connectivity index (χ0n) is 20.0. The van der Waals surface area contributed by atoms with Crippen LogP contribution in [0.15, 0.2) is 42.5 Å². The summed E-state index contributed by atoms with van der Waals surface area (Å²) in [4.78, 5) is 13.6. The van der Waals surface area contributed by atoms with Crippen molar-refractivity contribution in [1.82, 2.24) is 4.90 Å². The van der Waals surface area contributed by atoms with Gasteiger partial charge in [-0.05, 0) is 47.2 Å². The zero-order chi connectivity index (χ0) is 25.5. The van der Waals surface area contributed by atoms with Crippen LogP contribution in [0.1, 0.15) is 53.5 Å². The van der Waals surface area contributed by atoms with E-state index in [1.54, 1.807) is 6.07 Å². The highest BCUT2D eigenvalue weighted by Gasteiger charge is 2.48. The third kappa shape index (κ3) is 5.01. The average molecular weight is 508 g/mol. The van der Waals surface area contributed by atoms with Crippen molar-refractivity contribution in [2.24, 2.45) is 0 Å². The molecule has 36 heavy (non-hydrogen) atoms. The predicted octanol–water partition coefficient (Wildman–Crippen LogP) is 4.93. The van der Waals surface area contributed by atoms with Gasteiger partial charge in [0.2, 0.25) is 0 Å². The number of benzene rings is 2. The molecule has 2 fully saturated rings. The molecule has 0 radical (unpaired) electrons. The molecule has 2 saturated heterocycles. The molecule has 0 spiro atoms. The average Bonchev–Trinajstić information content (AvgIpc) is 3.20. The Morgan fingerprint density at radius 2 is 1.83 bits per heavy atom. The fourth-order valence-corrected chi connectivity index (χ4v) is 5.94. The molecule has 0 amide bonds. The Balaban J connectivity index is 1.29. The molecule has 2 aromatic carbocycles. The smallest absolute Gasteiger partial charge is 0.450 e. The summed E-state index contributed by atoms with van der Waals surface area (Å²) in [5.74, 6) is -2.37. The third-order valence-corrected chi connectivity index (χ3v) is 7.65. The van der Waals surface area contributed by atoms with Crippen molar-refractivity contribution in [3.8, 4) is 0 Å². The topological polar surface area (TPSA) is 48.0 Å². The number of esters is 1. The molecule has 1 aliphatic carbocycles. The van der Waals surface area contributed by atoms with Crippen molar-refractivity contribution in [3.05, 3.63) is 70.5 Å². The summed E-state index contributed by atoms with van der Waals surface area (Å²) >= 11 is 0. The monoisotopic (exact) mass is 507 g/mol. The number of methoxy groups -OCH3 is 1. The van der Waals surface area contributed by atoms with Crippen molar-refractivity contribution in [2.45, 2.75) is 55.6 Å². The van der Waals surface area contributed by atoms with Gasteiger partial charge < -0.3 is 19.1 Å². The van der Waals surface area contributed by atoms with Gasteiger partial charge in [-0.25, -0.2) is 9.18 Å². The standard InChI is InChI=1S/C27H29F4NO4/c1-34-16-26(36-25(33)27(29,30)31)8-10-32(11-9-26)15-20-14-23-21-5-3-2-4-17(21)12-18-6-7-19(28)13-22(18)24(23)35-20/h2-7,13,20,23-24H,8-12,14-16H2,1H3. The van der Waals surface area contributed by atoms with E-state index in [1.165, 1.54) is 24.3 Å². The molecule has 2 aromatic rings. The van der Waals surface area contributed by atoms with Crippen LogP contribution in [0.4, 0.5) is 17.6 Å². The molecular weight excluding hydrogens is 478 g/mol. The van der Waals surface area contributed by atoms with E-state index < -0.39 is 17.7 Å². The van der Waals surface area contributed by atoms with Gasteiger partial charge in [-0.3, -0.25) is 0 Å². The maximum Gasteiger partial charge on any atom is 0.490 e. The third-order valence-electron chi connectivity index (χ3n) is 7.65. The molecule has 2 heterocycles. The summed E-state index contributed by atoms with van der Waals surface area (Å²) in [5.41, 5.74) is 3.09. The lowest BCUT2D eigenvalue weighted by Crippen LogP contribution is -2.52. The lowest BCUT2D eigenvalue weighted by molar-refractivity contribution is -0.222. The highest BCUT2D eigenvalue weighted by Crippen LogP contribution is 2.49. The second-order valence-corrected chi connectivity index (χ2v) is 10.0. The maximum absolute atomic E-state index is 14.2. The van der Waals surface area contributed by atoms with Crippen LogP contribution in [0, 0.1) is 5.82 Å². The van der Waals surface area contributed by atoms with Crippen LogP contribution >= 0.6 is 0 Å². The van der Waals surface area contributed by atoms with E-state index in [2.05, 4.69) is 17.0 Å². The summed E-state index contributed by atoms with van der Waals surface area (Å²) < 4.78 is 69.2. The number of ether oxygens (including phenoxy) is 3. The molecule has 0 bridgehead atoms. The van der Waals surface area contributed by atoms with E-state index in [0.717, 1.165) is 24.0 Å². The number of carbonyl (C=O) groups is 1. The van der Waals surface area contributed by atoms with E-state index in [0.29, 0.717) is 19.6 Å². The van der Waals surface area contributed by atoms with Gasteiger partial charge in [-0.15, -0.1) is 0 Å². The Morgan fingerprint density at radius 1 is 1.11 bits per heavy atom. The lowest BCUT2D eigenvalue weighted by atomic mass is 9.87. The van der Waals surface area contributed by atoms with Crippen molar-refractivity contribution < 1.29 is 36.6 Å². The number of likely N-dealkylation sites (tertiary alicyclic amines) is 1. The summed E-state index contributed by atoms with van der Waals surface area (Å²) in [5, 5.41) is 0. The summed E-state index contributed by atoms with van der Waals surface area (Å²) in [7, 11) is 1.38. The highest BCUT2D eigenvalue weighted by atomic mass is 19.4. The lowest BCUT2D eigenvalue weighted by Gasteiger charge is -2.41. The minimum Gasteiger partial charge on any atom is -0.450 e. The molecule has 194 valence electrons. The Hall–Kier alpha value is -2.49. The number of piperidine rings is 1. The van der Waals surface area contributed by atoms with E-state index in [-0.39, 0.29) is 43.4 Å². The number of hydrogen-bond acceptors (Lipinski definition) is 5. The van der Waals surface area contributed by atoms with Crippen molar-refractivity contribution >= 4 is 5.97 Å². The first kappa shape index (κ1) is 25.2. The normalized spacial score (nSPS) is 25.4. The number of rotatable bonds is 5. The Morgan fingerprint density at radius 3 is 2.56 bits per heavy atom. The predicted molar refractivity (Wildman–Crippen MR) is 123 cm³/mol. The van der Waals surface area contributed by atoms with E-state index in [4.69, 9.17) is 14.2 Å². The highest BCUT2D eigenvalue weighted by molar-refractivity contribution is 5.76. The zero-order valence-corrected chi connectivity index (χ0v) is 20.0. The largest absolute Gasteiger partial charge is 0.490 e. The molecule has 0 saturated carbocycles. The summed E-state index contributed by atoms with van der Waals surface area (Å²) in [6.07, 6.45) is -3.45. The fraction of sp³-hybridized carbons (Fsp3) is 0.519. The van der Waals surface area contributed by atoms with Crippen molar-refractivity contribution in [2.75, 3.05) is 33.4 Å². The second kappa shape index (κ2) is 9.76. The van der Waals surface area contributed by atoms with Crippen LogP contribution in [-0.2, 0) is 25.4 Å². The SMILES string of the molecule is COCC1(OC(=O)C(F)(F)F)CCN(CC2CC3c4ccccc4Cc4ccc(F)cc4C3O2)CC1. The molecule has 2 aliphatic heterocycles. The van der Waals surface area contributed by atoms with Gasteiger partial charge in [-0.2, -0.15) is 13.2 Å². The van der Waals surface area contributed by atoms with Crippen LogP contribution < -0.4 is 0 Å². The van der Waals surface area contributed by atoms with Gasteiger partial charge in [0.25, 0.3) is 0 Å². The van der Waals surface area contributed by atoms with Crippen molar-refractivity contribution in [3.63, 3.8) is 0 Å². The molecule has 3 unspecified atom stereocenters. The first-order chi connectivity index (χ1) is 17.2. The van der Waals surface area contributed by atoms with E-state index >= 15 is 0 Å². The van der Waals surface area contributed by atoms with Gasteiger partial charge in [-0.1, -0.05) is 30.3 Å². The van der Waals surface area contributed by atoms with E-state index in [1.807, 2.05) is 18.2 Å². The summed E-state index contributed by atoms with van der Waals surface area (Å²) in [6, 6.07) is 13.2. The van der Waals surface area contributed by atoms with Crippen molar-refractivity contribution in [1.29, 1.82) is 0 Å². The number of alkyl halides is 3. The molecular formula is C27H29F4NO4. The summed E-state index contributed by atoms with van der Waals surface area (Å²) in [6.45, 7) is 1.40. The van der Waals surface area contributed by atoms with E-state index in [9.17, 15) is 22.4 Å². The molecule has 5 rings (SSSR count). The Kier molecular flexibility index (Phi) is 6.82. The molecule has 3 aliphatic rings. The molecule has 5 nitrogen and oxygen atoms in total. The Bertz CT molecular complexity index is 1110.